The van der Waals surface area contributed by atoms with Gasteiger partial charge >= 0.3 is 0 Å². The van der Waals surface area contributed by atoms with E-state index in [4.69, 9.17) is 11.6 Å². The second-order valence-corrected chi connectivity index (χ2v) is 11.0. The van der Waals surface area contributed by atoms with Crippen LogP contribution < -0.4 is 9.62 Å². The molecule has 2 rings (SSSR count). The molecule has 0 heterocycles. The fourth-order valence-electron chi connectivity index (χ4n) is 3.78. The summed E-state index contributed by atoms with van der Waals surface area (Å²) in [6.45, 7) is 6.24. The summed E-state index contributed by atoms with van der Waals surface area (Å²) < 4.78 is 26.1. The Balaban J connectivity index is 2.19. The average Bonchev–Trinajstić information content (AvgIpc) is 2.81. The molecule has 2 aromatic rings. The minimum Gasteiger partial charge on any atom is -0.352 e. The number of benzene rings is 2. The Morgan fingerprint density at radius 3 is 2.29 bits per heavy atom. The van der Waals surface area contributed by atoms with Crippen molar-refractivity contribution in [3.05, 3.63) is 65.2 Å². The third kappa shape index (κ3) is 8.85. The highest BCUT2D eigenvalue weighted by atomic mass is 35.5. The lowest BCUT2D eigenvalue weighted by Crippen LogP contribution is -2.50. The first-order chi connectivity index (χ1) is 16.6. The number of nitrogens with one attached hydrogen (secondary N) is 1. The van der Waals surface area contributed by atoms with E-state index in [0.717, 1.165) is 18.2 Å². The molecule has 0 spiro atoms. The molecule has 192 valence electrons. The summed E-state index contributed by atoms with van der Waals surface area (Å²) in [5, 5.41) is 3.42. The van der Waals surface area contributed by atoms with Crippen LogP contribution >= 0.6 is 11.6 Å². The summed E-state index contributed by atoms with van der Waals surface area (Å²) in [5.41, 5.74) is 1.38. The third-order valence-corrected chi connectivity index (χ3v) is 7.26. The summed E-state index contributed by atoms with van der Waals surface area (Å²) in [7, 11) is -3.57. The van der Waals surface area contributed by atoms with Gasteiger partial charge in [0.2, 0.25) is 21.8 Å². The second kappa shape index (κ2) is 13.5. The Morgan fingerprint density at radius 2 is 1.71 bits per heavy atom. The number of amides is 2. The van der Waals surface area contributed by atoms with Crippen LogP contribution in [0.15, 0.2) is 54.6 Å². The molecule has 1 N–H and O–H groups in total. The van der Waals surface area contributed by atoms with Crippen molar-refractivity contribution in [3.63, 3.8) is 0 Å². The van der Waals surface area contributed by atoms with E-state index in [1.807, 2.05) is 51.1 Å². The van der Waals surface area contributed by atoms with Gasteiger partial charge in [0.1, 0.15) is 6.04 Å². The number of hydrogen-bond acceptors (Lipinski definition) is 4. The highest BCUT2D eigenvalue weighted by Gasteiger charge is 2.29. The van der Waals surface area contributed by atoms with Gasteiger partial charge in [0.05, 0.1) is 11.9 Å². The van der Waals surface area contributed by atoms with Crippen molar-refractivity contribution in [1.82, 2.24) is 10.2 Å². The minimum absolute atomic E-state index is 0.00578. The molecule has 35 heavy (non-hydrogen) atoms. The van der Waals surface area contributed by atoms with Crippen molar-refractivity contribution in [2.24, 2.45) is 0 Å². The third-order valence-electron chi connectivity index (χ3n) is 5.83. The number of anilines is 1. The van der Waals surface area contributed by atoms with E-state index in [1.165, 1.54) is 4.31 Å². The predicted octanol–water partition coefficient (Wildman–Crippen LogP) is 4.61. The number of rotatable bonds is 13. The SMILES string of the molecule is CC[C@H](C)NC(=O)[C@H](CC)N(Cc1ccccc1)C(=O)CCCN(c1cccc(Cl)c1)S(C)(=O)=O. The van der Waals surface area contributed by atoms with Crippen LogP contribution in [-0.4, -0.2) is 50.0 Å². The maximum atomic E-state index is 13.4. The Labute approximate surface area is 214 Å². The van der Waals surface area contributed by atoms with Gasteiger partial charge in [0.15, 0.2) is 0 Å². The van der Waals surface area contributed by atoms with E-state index < -0.39 is 16.1 Å². The van der Waals surface area contributed by atoms with Crippen molar-refractivity contribution in [2.45, 2.75) is 65.1 Å². The van der Waals surface area contributed by atoms with E-state index in [2.05, 4.69) is 5.32 Å². The number of nitrogens with zero attached hydrogens (tertiary/aromatic N) is 2. The number of carbonyl (C=O) groups excluding carboxylic acids is 2. The molecule has 0 saturated heterocycles. The minimum atomic E-state index is -3.57. The van der Waals surface area contributed by atoms with Gasteiger partial charge in [-0.3, -0.25) is 13.9 Å². The summed E-state index contributed by atoms with van der Waals surface area (Å²) in [6.07, 6.45) is 2.79. The van der Waals surface area contributed by atoms with Crippen LogP contribution in [0.5, 0.6) is 0 Å². The molecule has 7 nitrogen and oxygen atoms in total. The molecule has 0 radical (unpaired) electrons. The number of halogens is 1. The Kier molecular flexibility index (Phi) is 11.0. The van der Waals surface area contributed by atoms with Crippen molar-refractivity contribution in [2.75, 3.05) is 17.1 Å². The second-order valence-electron chi connectivity index (χ2n) is 8.67. The van der Waals surface area contributed by atoms with Crippen LogP contribution in [0.2, 0.25) is 5.02 Å². The molecule has 0 bridgehead atoms. The molecular formula is C26H36ClN3O4S. The van der Waals surface area contributed by atoms with Crippen LogP contribution in [0.25, 0.3) is 0 Å². The number of hydrogen-bond donors (Lipinski definition) is 1. The Bertz CT molecular complexity index is 1080. The van der Waals surface area contributed by atoms with Gasteiger partial charge in [0.25, 0.3) is 0 Å². The monoisotopic (exact) mass is 521 g/mol. The smallest absolute Gasteiger partial charge is 0.243 e. The highest BCUT2D eigenvalue weighted by Crippen LogP contribution is 2.23. The van der Waals surface area contributed by atoms with Gasteiger partial charge in [-0.05, 0) is 49.9 Å². The first-order valence-corrected chi connectivity index (χ1v) is 14.2. The van der Waals surface area contributed by atoms with Crippen LogP contribution in [0.4, 0.5) is 5.69 Å². The lowest BCUT2D eigenvalue weighted by molar-refractivity contribution is -0.141. The fourth-order valence-corrected chi connectivity index (χ4v) is 4.92. The van der Waals surface area contributed by atoms with Crippen LogP contribution in [-0.2, 0) is 26.2 Å². The quantitative estimate of drug-likeness (QED) is 0.417. The normalized spacial score (nSPS) is 13.1. The lowest BCUT2D eigenvalue weighted by atomic mass is 10.1. The Morgan fingerprint density at radius 1 is 1.03 bits per heavy atom. The number of sulfonamides is 1. The first kappa shape index (κ1) is 28.7. The van der Waals surface area contributed by atoms with Crippen molar-refractivity contribution in [3.8, 4) is 0 Å². The standard InChI is InChI=1S/C26H36ClN3O4S/c1-5-20(3)28-26(32)24(6-2)29(19-21-12-8-7-9-13-21)25(31)16-11-17-30(35(4,33)34)23-15-10-14-22(27)18-23/h7-10,12-15,18,20,24H,5-6,11,16-17,19H2,1-4H3,(H,28,32)/t20-,24-/m0/s1. The molecule has 0 aliphatic heterocycles. The average molecular weight is 522 g/mol. The molecule has 0 saturated carbocycles. The molecule has 0 aliphatic carbocycles. The maximum Gasteiger partial charge on any atom is 0.243 e. The molecule has 2 atom stereocenters. The first-order valence-electron chi connectivity index (χ1n) is 11.9. The van der Waals surface area contributed by atoms with Gasteiger partial charge in [-0.15, -0.1) is 0 Å². The zero-order valence-electron chi connectivity index (χ0n) is 20.9. The van der Waals surface area contributed by atoms with Gasteiger partial charge in [-0.25, -0.2) is 8.42 Å². The summed E-state index contributed by atoms with van der Waals surface area (Å²) in [4.78, 5) is 28.0. The largest absolute Gasteiger partial charge is 0.352 e. The summed E-state index contributed by atoms with van der Waals surface area (Å²) in [6, 6.07) is 15.5. The maximum absolute atomic E-state index is 13.4. The molecule has 0 aromatic heterocycles. The van der Waals surface area contributed by atoms with E-state index in [9.17, 15) is 18.0 Å². The number of carbonyl (C=O) groups is 2. The molecule has 9 heteroatoms. The van der Waals surface area contributed by atoms with E-state index >= 15 is 0 Å². The molecule has 2 aromatic carbocycles. The predicted molar refractivity (Wildman–Crippen MR) is 142 cm³/mol. The van der Waals surface area contributed by atoms with Gasteiger partial charge in [0, 0.05) is 30.6 Å². The van der Waals surface area contributed by atoms with E-state index in [0.29, 0.717) is 30.1 Å². The molecule has 0 unspecified atom stereocenters. The molecular weight excluding hydrogens is 486 g/mol. The molecule has 2 amide bonds. The highest BCUT2D eigenvalue weighted by molar-refractivity contribution is 7.92. The van der Waals surface area contributed by atoms with Gasteiger partial charge < -0.3 is 10.2 Å². The van der Waals surface area contributed by atoms with Crippen molar-refractivity contribution in [1.29, 1.82) is 0 Å². The van der Waals surface area contributed by atoms with Gasteiger partial charge in [-0.1, -0.05) is 61.8 Å². The van der Waals surface area contributed by atoms with Crippen LogP contribution in [0, 0.1) is 0 Å². The van der Waals surface area contributed by atoms with Gasteiger partial charge in [-0.2, -0.15) is 0 Å². The molecule has 0 fully saturated rings. The van der Waals surface area contributed by atoms with Crippen molar-refractivity contribution < 1.29 is 18.0 Å². The van der Waals surface area contributed by atoms with E-state index in [-0.39, 0.29) is 30.8 Å². The van der Waals surface area contributed by atoms with E-state index in [1.54, 1.807) is 29.2 Å². The van der Waals surface area contributed by atoms with Crippen LogP contribution in [0.3, 0.4) is 0 Å². The molecule has 0 aliphatic rings. The van der Waals surface area contributed by atoms with Crippen molar-refractivity contribution >= 4 is 39.1 Å². The summed E-state index contributed by atoms with van der Waals surface area (Å²) in [5.74, 6) is -0.373. The fraction of sp³-hybridized carbons (Fsp3) is 0.462. The topological polar surface area (TPSA) is 86.8 Å². The summed E-state index contributed by atoms with van der Waals surface area (Å²) >= 11 is 6.05. The Hall–Kier alpha value is -2.58. The zero-order valence-corrected chi connectivity index (χ0v) is 22.5. The van der Waals surface area contributed by atoms with Crippen LogP contribution in [0.1, 0.15) is 52.0 Å². The zero-order chi connectivity index (χ0) is 26.0. The lowest BCUT2D eigenvalue weighted by Gasteiger charge is -2.32.